The molecule has 0 saturated carbocycles. The standard InChI is InChI=1S/C21H24N2O3/c1-5-23(13-15-7-9-19(25-3)20(11-15)26-4)21(24)18-12-16-10-14(2)6-8-17(16)22-18/h6-12,22H,5,13H2,1-4H3. The molecule has 5 heteroatoms. The van der Waals surface area contributed by atoms with E-state index in [1.54, 1.807) is 19.1 Å². The smallest absolute Gasteiger partial charge is 0.270 e. The van der Waals surface area contributed by atoms with Crippen LogP contribution in [0.25, 0.3) is 10.9 Å². The first-order valence-corrected chi connectivity index (χ1v) is 8.65. The molecule has 1 aromatic heterocycles. The lowest BCUT2D eigenvalue weighted by Crippen LogP contribution is -2.30. The number of hydrogen-bond donors (Lipinski definition) is 1. The van der Waals surface area contributed by atoms with Gasteiger partial charge in [-0.25, -0.2) is 0 Å². The molecule has 0 fully saturated rings. The van der Waals surface area contributed by atoms with Gasteiger partial charge in [-0.15, -0.1) is 0 Å². The van der Waals surface area contributed by atoms with Gasteiger partial charge in [-0.2, -0.15) is 0 Å². The third-order valence-corrected chi connectivity index (χ3v) is 4.50. The Morgan fingerprint density at radius 3 is 2.50 bits per heavy atom. The highest BCUT2D eigenvalue weighted by atomic mass is 16.5. The van der Waals surface area contributed by atoms with Crippen LogP contribution < -0.4 is 9.47 Å². The number of rotatable bonds is 6. The van der Waals surface area contributed by atoms with Crippen LogP contribution in [0.2, 0.25) is 0 Å². The molecule has 0 bridgehead atoms. The van der Waals surface area contributed by atoms with Crippen LogP contribution in [0.3, 0.4) is 0 Å². The van der Waals surface area contributed by atoms with Crippen molar-refractivity contribution >= 4 is 16.8 Å². The quantitative estimate of drug-likeness (QED) is 0.725. The molecule has 0 aliphatic carbocycles. The second-order valence-electron chi connectivity index (χ2n) is 6.28. The fourth-order valence-electron chi connectivity index (χ4n) is 3.06. The molecular weight excluding hydrogens is 328 g/mol. The van der Waals surface area contributed by atoms with E-state index in [9.17, 15) is 4.79 Å². The molecule has 26 heavy (non-hydrogen) atoms. The second kappa shape index (κ2) is 7.52. The lowest BCUT2D eigenvalue weighted by molar-refractivity contribution is 0.0747. The van der Waals surface area contributed by atoms with Crippen molar-refractivity contribution < 1.29 is 14.3 Å². The van der Waals surface area contributed by atoms with Crippen molar-refractivity contribution in [3.8, 4) is 11.5 Å². The summed E-state index contributed by atoms with van der Waals surface area (Å²) in [6.45, 7) is 5.14. The maximum absolute atomic E-state index is 13.0. The van der Waals surface area contributed by atoms with Crippen LogP contribution in [-0.2, 0) is 6.54 Å². The van der Waals surface area contributed by atoms with Crippen LogP contribution in [0.5, 0.6) is 11.5 Å². The molecule has 3 rings (SSSR count). The number of ether oxygens (including phenoxy) is 2. The number of carbonyl (C=O) groups excluding carboxylic acids is 1. The third kappa shape index (κ3) is 3.52. The SMILES string of the molecule is CCN(Cc1ccc(OC)c(OC)c1)C(=O)c1cc2cc(C)ccc2[nH]1. The monoisotopic (exact) mass is 352 g/mol. The summed E-state index contributed by atoms with van der Waals surface area (Å²) in [4.78, 5) is 18.0. The number of aryl methyl sites for hydroxylation is 1. The number of H-pyrrole nitrogens is 1. The molecule has 2 aromatic carbocycles. The first-order valence-electron chi connectivity index (χ1n) is 8.65. The minimum absolute atomic E-state index is 0.0175. The molecule has 0 atom stereocenters. The number of amides is 1. The Bertz CT molecular complexity index is 930. The number of benzene rings is 2. The fourth-order valence-corrected chi connectivity index (χ4v) is 3.06. The highest BCUT2D eigenvalue weighted by Gasteiger charge is 2.17. The van der Waals surface area contributed by atoms with Crippen LogP contribution in [0, 0.1) is 6.92 Å². The highest BCUT2D eigenvalue weighted by Crippen LogP contribution is 2.28. The molecule has 5 nitrogen and oxygen atoms in total. The molecule has 1 heterocycles. The van der Waals surface area contributed by atoms with Crippen LogP contribution in [-0.4, -0.2) is 36.6 Å². The van der Waals surface area contributed by atoms with Crippen molar-refractivity contribution in [2.24, 2.45) is 0 Å². The van der Waals surface area contributed by atoms with Gasteiger partial charge in [-0.3, -0.25) is 4.79 Å². The Labute approximate surface area is 153 Å². The topological polar surface area (TPSA) is 54.6 Å². The Morgan fingerprint density at radius 2 is 1.81 bits per heavy atom. The van der Waals surface area contributed by atoms with Gasteiger partial charge in [0.15, 0.2) is 11.5 Å². The van der Waals surface area contributed by atoms with E-state index in [-0.39, 0.29) is 5.91 Å². The number of nitrogens with one attached hydrogen (secondary N) is 1. The maximum atomic E-state index is 13.0. The summed E-state index contributed by atoms with van der Waals surface area (Å²) < 4.78 is 10.6. The van der Waals surface area contributed by atoms with E-state index >= 15 is 0 Å². The minimum Gasteiger partial charge on any atom is -0.493 e. The molecule has 136 valence electrons. The summed E-state index contributed by atoms with van der Waals surface area (Å²) in [7, 11) is 3.22. The van der Waals surface area contributed by atoms with Crippen LogP contribution in [0.1, 0.15) is 28.5 Å². The summed E-state index contributed by atoms with van der Waals surface area (Å²) in [5.74, 6) is 1.32. The number of nitrogens with zero attached hydrogens (tertiary/aromatic N) is 1. The van der Waals surface area contributed by atoms with Crippen molar-refractivity contribution in [3.63, 3.8) is 0 Å². The number of aromatic nitrogens is 1. The number of aromatic amines is 1. The lowest BCUT2D eigenvalue weighted by Gasteiger charge is -2.21. The lowest BCUT2D eigenvalue weighted by atomic mass is 10.1. The molecule has 0 radical (unpaired) electrons. The summed E-state index contributed by atoms with van der Waals surface area (Å²) >= 11 is 0. The van der Waals surface area contributed by atoms with Crippen molar-refractivity contribution in [2.45, 2.75) is 20.4 Å². The average Bonchev–Trinajstić information content (AvgIpc) is 3.08. The van der Waals surface area contributed by atoms with Crippen molar-refractivity contribution in [2.75, 3.05) is 20.8 Å². The van der Waals surface area contributed by atoms with Gasteiger partial charge < -0.3 is 19.4 Å². The Kier molecular flexibility index (Phi) is 5.16. The average molecular weight is 352 g/mol. The largest absolute Gasteiger partial charge is 0.493 e. The zero-order chi connectivity index (χ0) is 18.7. The molecule has 3 aromatic rings. The Hall–Kier alpha value is -2.95. The van der Waals surface area contributed by atoms with Crippen LogP contribution in [0.15, 0.2) is 42.5 Å². The molecular formula is C21H24N2O3. The van der Waals surface area contributed by atoms with Gasteiger partial charge in [-0.05, 0) is 49.7 Å². The van der Waals surface area contributed by atoms with Crippen molar-refractivity contribution in [1.82, 2.24) is 9.88 Å². The summed E-state index contributed by atoms with van der Waals surface area (Å²) in [6.07, 6.45) is 0. The van der Waals surface area contributed by atoms with Gasteiger partial charge in [0, 0.05) is 24.0 Å². The first-order chi connectivity index (χ1) is 12.5. The molecule has 1 amide bonds. The summed E-state index contributed by atoms with van der Waals surface area (Å²) in [6, 6.07) is 13.8. The summed E-state index contributed by atoms with van der Waals surface area (Å²) in [5, 5.41) is 1.05. The van der Waals surface area contributed by atoms with Gasteiger partial charge in [-0.1, -0.05) is 17.7 Å². The molecule has 0 saturated heterocycles. The van der Waals surface area contributed by atoms with E-state index in [2.05, 4.69) is 11.1 Å². The third-order valence-electron chi connectivity index (χ3n) is 4.50. The molecule has 0 aliphatic heterocycles. The molecule has 0 aliphatic rings. The van der Waals surface area contributed by atoms with Gasteiger partial charge in [0.25, 0.3) is 5.91 Å². The van der Waals surface area contributed by atoms with E-state index in [0.29, 0.717) is 30.3 Å². The van der Waals surface area contributed by atoms with Gasteiger partial charge in [0.1, 0.15) is 5.69 Å². The number of fused-ring (bicyclic) bond motifs is 1. The van der Waals surface area contributed by atoms with E-state index in [1.807, 2.05) is 50.2 Å². The minimum atomic E-state index is -0.0175. The zero-order valence-corrected chi connectivity index (χ0v) is 15.6. The number of methoxy groups -OCH3 is 2. The predicted octanol–water partition coefficient (Wildman–Crippen LogP) is 4.16. The maximum Gasteiger partial charge on any atom is 0.270 e. The van der Waals surface area contributed by atoms with Crippen LogP contribution >= 0.6 is 0 Å². The van der Waals surface area contributed by atoms with E-state index in [4.69, 9.17) is 9.47 Å². The second-order valence-corrected chi connectivity index (χ2v) is 6.28. The number of hydrogen-bond acceptors (Lipinski definition) is 3. The zero-order valence-electron chi connectivity index (χ0n) is 15.6. The highest BCUT2D eigenvalue weighted by molar-refractivity contribution is 5.98. The molecule has 0 spiro atoms. The fraction of sp³-hybridized carbons (Fsp3) is 0.286. The van der Waals surface area contributed by atoms with Gasteiger partial charge in [0.2, 0.25) is 0 Å². The predicted molar refractivity (Wildman–Crippen MR) is 103 cm³/mol. The van der Waals surface area contributed by atoms with E-state index in [0.717, 1.165) is 16.5 Å². The molecule has 1 N–H and O–H groups in total. The Balaban J connectivity index is 1.84. The van der Waals surface area contributed by atoms with Crippen LogP contribution in [0.4, 0.5) is 0 Å². The first kappa shape index (κ1) is 17.9. The Morgan fingerprint density at radius 1 is 1.04 bits per heavy atom. The normalized spacial score (nSPS) is 10.8. The number of carbonyl (C=O) groups is 1. The van der Waals surface area contributed by atoms with Crippen molar-refractivity contribution in [1.29, 1.82) is 0 Å². The van der Waals surface area contributed by atoms with Gasteiger partial charge in [0.05, 0.1) is 14.2 Å². The van der Waals surface area contributed by atoms with Crippen molar-refractivity contribution in [3.05, 3.63) is 59.3 Å². The molecule has 0 unspecified atom stereocenters. The summed E-state index contributed by atoms with van der Waals surface area (Å²) in [5.41, 5.74) is 3.74. The van der Waals surface area contributed by atoms with E-state index < -0.39 is 0 Å². The van der Waals surface area contributed by atoms with Gasteiger partial charge >= 0.3 is 0 Å². The van der Waals surface area contributed by atoms with E-state index in [1.165, 1.54) is 5.56 Å².